The van der Waals surface area contributed by atoms with Crippen LogP contribution in [0.2, 0.25) is 0 Å². The normalized spacial score (nSPS) is 20.6. The number of anilines is 1. The van der Waals surface area contributed by atoms with E-state index in [1.807, 2.05) is 18.5 Å². The van der Waals surface area contributed by atoms with Gasteiger partial charge in [0.2, 0.25) is 0 Å². The second kappa shape index (κ2) is 7.98. The van der Waals surface area contributed by atoms with Crippen molar-refractivity contribution in [2.24, 2.45) is 12.0 Å². The van der Waals surface area contributed by atoms with Crippen LogP contribution in [0.15, 0.2) is 35.3 Å². The molecule has 144 valence electrons. The van der Waals surface area contributed by atoms with Crippen LogP contribution in [-0.4, -0.2) is 45.9 Å². The van der Waals surface area contributed by atoms with Crippen LogP contribution >= 0.6 is 0 Å². The largest absolute Gasteiger partial charge is 0.369 e. The van der Waals surface area contributed by atoms with Gasteiger partial charge in [0, 0.05) is 37.9 Å². The number of rotatable bonds is 5. The van der Waals surface area contributed by atoms with Crippen molar-refractivity contribution in [3.05, 3.63) is 42.0 Å². The smallest absolute Gasteiger partial charge is 0.192 e. The Hall–Kier alpha value is -2.57. The average Bonchev–Trinajstić information content (AvgIpc) is 3.46. The highest BCUT2D eigenvalue weighted by molar-refractivity contribution is 5.80. The molecule has 1 aromatic heterocycles. The fourth-order valence-corrected chi connectivity index (χ4v) is 3.45. The molecule has 2 aromatic rings. The van der Waals surface area contributed by atoms with E-state index < -0.39 is 0 Å². The fourth-order valence-electron chi connectivity index (χ4n) is 3.45. The molecule has 1 aliphatic carbocycles. The first-order valence-corrected chi connectivity index (χ1v) is 9.91. The van der Waals surface area contributed by atoms with Crippen molar-refractivity contribution in [1.29, 1.82) is 0 Å². The summed E-state index contributed by atoms with van der Waals surface area (Å²) in [4.78, 5) is 7.25. The highest BCUT2D eigenvalue weighted by Gasteiger charge is 2.25. The van der Waals surface area contributed by atoms with E-state index in [4.69, 9.17) is 4.99 Å². The maximum Gasteiger partial charge on any atom is 0.192 e. The molecule has 1 atom stereocenters. The lowest BCUT2D eigenvalue weighted by Crippen LogP contribution is -2.51. The minimum atomic E-state index is 0.394. The lowest BCUT2D eigenvalue weighted by Gasteiger charge is -2.35. The molecule has 1 unspecified atom stereocenters. The zero-order valence-electron chi connectivity index (χ0n) is 16.2. The number of hydrogen-bond donors (Lipinski definition) is 2. The van der Waals surface area contributed by atoms with Crippen molar-refractivity contribution < 1.29 is 0 Å². The molecule has 1 saturated heterocycles. The summed E-state index contributed by atoms with van der Waals surface area (Å²) in [6, 6.07) is 11.6. The number of benzene rings is 1. The van der Waals surface area contributed by atoms with E-state index in [1.165, 1.54) is 24.9 Å². The van der Waals surface area contributed by atoms with Gasteiger partial charge < -0.3 is 20.1 Å². The molecule has 27 heavy (non-hydrogen) atoms. The molecule has 2 fully saturated rings. The summed E-state index contributed by atoms with van der Waals surface area (Å²) >= 11 is 0. The molecular formula is C20H29N7. The third-order valence-electron chi connectivity index (χ3n) is 5.36. The van der Waals surface area contributed by atoms with E-state index >= 15 is 0 Å². The maximum atomic E-state index is 4.79. The monoisotopic (exact) mass is 367 g/mol. The second-order valence-corrected chi connectivity index (χ2v) is 7.57. The van der Waals surface area contributed by atoms with Crippen molar-refractivity contribution in [3.8, 4) is 0 Å². The molecule has 7 nitrogen and oxygen atoms in total. The highest BCUT2D eigenvalue weighted by Crippen LogP contribution is 2.21. The predicted molar refractivity (Wildman–Crippen MR) is 108 cm³/mol. The SMILES string of the molecule is Cc1nnc(CN=C(NC2CC2)NC2CCCN(c3ccccc3)C2)n1C. The van der Waals surface area contributed by atoms with Crippen molar-refractivity contribution in [1.82, 2.24) is 25.4 Å². The van der Waals surface area contributed by atoms with Gasteiger partial charge in [-0.2, -0.15) is 0 Å². The molecule has 1 saturated carbocycles. The van der Waals surface area contributed by atoms with Crippen molar-refractivity contribution in [3.63, 3.8) is 0 Å². The Balaban J connectivity index is 1.41. The number of nitrogens with zero attached hydrogens (tertiary/aromatic N) is 5. The van der Waals surface area contributed by atoms with Gasteiger partial charge in [-0.05, 0) is 44.7 Å². The first-order valence-electron chi connectivity index (χ1n) is 9.91. The van der Waals surface area contributed by atoms with Crippen molar-refractivity contribution in [2.45, 2.75) is 51.2 Å². The van der Waals surface area contributed by atoms with Crippen LogP contribution in [0.5, 0.6) is 0 Å². The van der Waals surface area contributed by atoms with E-state index in [0.717, 1.165) is 37.1 Å². The zero-order chi connectivity index (χ0) is 18.6. The summed E-state index contributed by atoms with van der Waals surface area (Å²) in [5.74, 6) is 2.70. The Bertz CT molecular complexity index is 779. The molecule has 1 aliphatic heterocycles. The van der Waals surface area contributed by atoms with E-state index in [0.29, 0.717) is 18.6 Å². The molecular weight excluding hydrogens is 338 g/mol. The van der Waals surface area contributed by atoms with E-state index in [9.17, 15) is 0 Å². The number of hydrogen-bond acceptors (Lipinski definition) is 4. The number of aromatic nitrogens is 3. The second-order valence-electron chi connectivity index (χ2n) is 7.57. The number of guanidine groups is 1. The van der Waals surface area contributed by atoms with Crippen LogP contribution in [-0.2, 0) is 13.6 Å². The van der Waals surface area contributed by atoms with Crippen LogP contribution in [0.4, 0.5) is 5.69 Å². The molecule has 0 bridgehead atoms. The van der Waals surface area contributed by atoms with Crippen LogP contribution in [0.1, 0.15) is 37.3 Å². The molecule has 0 amide bonds. The topological polar surface area (TPSA) is 70.4 Å². The minimum absolute atomic E-state index is 0.394. The van der Waals surface area contributed by atoms with Gasteiger partial charge in [0.05, 0.1) is 0 Å². The van der Waals surface area contributed by atoms with Crippen LogP contribution in [0, 0.1) is 6.92 Å². The van der Waals surface area contributed by atoms with E-state index in [2.05, 4.69) is 56.1 Å². The molecule has 2 heterocycles. The molecule has 2 aliphatic rings. The summed E-state index contributed by atoms with van der Waals surface area (Å²) in [7, 11) is 1.99. The van der Waals surface area contributed by atoms with E-state index in [-0.39, 0.29) is 0 Å². The van der Waals surface area contributed by atoms with Gasteiger partial charge >= 0.3 is 0 Å². The Morgan fingerprint density at radius 2 is 1.89 bits per heavy atom. The summed E-state index contributed by atoms with van der Waals surface area (Å²) in [6.07, 6.45) is 4.80. The molecule has 1 aromatic carbocycles. The van der Waals surface area contributed by atoms with Gasteiger partial charge in [-0.3, -0.25) is 0 Å². The number of nitrogens with one attached hydrogen (secondary N) is 2. The first kappa shape index (κ1) is 17.8. The van der Waals surface area contributed by atoms with Crippen LogP contribution in [0.3, 0.4) is 0 Å². The third kappa shape index (κ3) is 4.59. The zero-order valence-corrected chi connectivity index (χ0v) is 16.2. The van der Waals surface area contributed by atoms with Gasteiger partial charge in [0.15, 0.2) is 11.8 Å². The van der Waals surface area contributed by atoms with Gasteiger partial charge in [-0.25, -0.2) is 4.99 Å². The number of para-hydroxylation sites is 1. The fraction of sp³-hybridized carbons (Fsp3) is 0.550. The van der Waals surface area contributed by atoms with E-state index in [1.54, 1.807) is 0 Å². The van der Waals surface area contributed by atoms with Gasteiger partial charge in [-0.15, -0.1) is 10.2 Å². The molecule has 7 heteroatoms. The van der Waals surface area contributed by atoms with Crippen LogP contribution in [0.25, 0.3) is 0 Å². The Labute approximate surface area is 160 Å². The molecule has 0 radical (unpaired) electrons. The lowest BCUT2D eigenvalue weighted by molar-refractivity contribution is 0.467. The van der Waals surface area contributed by atoms with Gasteiger partial charge in [0.25, 0.3) is 0 Å². The van der Waals surface area contributed by atoms with Crippen molar-refractivity contribution >= 4 is 11.6 Å². The molecule has 4 rings (SSSR count). The van der Waals surface area contributed by atoms with Gasteiger partial charge in [0.1, 0.15) is 12.4 Å². The molecule has 0 spiro atoms. The Morgan fingerprint density at radius 1 is 1.11 bits per heavy atom. The summed E-state index contributed by atoms with van der Waals surface area (Å²) in [6.45, 7) is 4.61. The molecule has 2 N–H and O–H groups in total. The third-order valence-corrected chi connectivity index (χ3v) is 5.36. The van der Waals surface area contributed by atoms with Crippen molar-refractivity contribution in [2.75, 3.05) is 18.0 Å². The number of aryl methyl sites for hydroxylation is 1. The Morgan fingerprint density at radius 3 is 2.59 bits per heavy atom. The summed E-state index contributed by atoms with van der Waals surface area (Å²) < 4.78 is 2.00. The van der Waals surface area contributed by atoms with Gasteiger partial charge in [-0.1, -0.05) is 18.2 Å². The summed E-state index contributed by atoms with van der Waals surface area (Å²) in [5, 5.41) is 15.6. The highest BCUT2D eigenvalue weighted by atomic mass is 15.3. The number of piperidine rings is 1. The van der Waals surface area contributed by atoms with Crippen LogP contribution < -0.4 is 15.5 Å². The predicted octanol–water partition coefficient (Wildman–Crippen LogP) is 1.99. The summed E-state index contributed by atoms with van der Waals surface area (Å²) in [5.41, 5.74) is 1.30. The average molecular weight is 368 g/mol. The standard InChI is InChI=1S/C20H29N7/c1-15-24-25-19(26(15)2)13-21-20(22-16-10-11-16)23-17-7-6-12-27(14-17)18-8-4-3-5-9-18/h3-5,8-9,16-17H,6-7,10-14H2,1-2H3,(H2,21,22,23). The first-order chi connectivity index (χ1) is 13.2. The number of aliphatic imine (C=N–C) groups is 1. The Kier molecular flexibility index (Phi) is 5.27. The lowest BCUT2D eigenvalue weighted by atomic mass is 10.1. The quantitative estimate of drug-likeness (QED) is 0.625. The maximum absolute atomic E-state index is 4.79. The minimum Gasteiger partial charge on any atom is -0.369 e.